The van der Waals surface area contributed by atoms with E-state index in [1.165, 1.54) is 12.8 Å². The Bertz CT molecular complexity index is 954. The number of hydrogen-bond acceptors (Lipinski definition) is 4. The van der Waals surface area contributed by atoms with E-state index in [0.29, 0.717) is 23.2 Å². The predicted molar refractivity (Wildman–Crippen MR) is 96.5 cm³/mol. The van der Waals surface area contributed by atoms with Crippen LogP contribution in [0.1, 0.15) is 30.3 Å². The standard InChI is InChI=1S/C20H21N3O2/c1-12-19(13-6-8-23(12)9-7-13)22-20(24)16-10-15-14-4-2-3-5-17(14)25-18(15)11-21-16/h2-5,10-13,19H,6-9H2,1H3,(H,22,24)/t12-,19+/m1/s1. The van der Waals surface area contributed by atoms with E-state index in [2.05, 4.69) is 22.1 Å². The van der Waals surface area contributed by atoms with Crippen molar-refractivity contribution in [1.29, 1.82) is 0 Å². The Balaban J connectivity index is 1.46. The number of carbonyl (C=O) groups excluding carboxylic acids is 1. The lowest BCUT2D eigenvalue weighted by molar-refractivity contribution is 0.0216. The first-order valence-electron chi connectivity index (χ1n) is 9.03. The van der Waals surface area contributed by atoms with Gasteiger partial charge < -0.3 is 9.73 Å². The van der Waals surface area contributed by atoms with Gasteiger partial charge in [-0.3, -0.25) is 9.69 Å². The van der Waals surface area contributed by atoms with Gasteiger partial charge in [0.25, 0.3) is 5.91 Å². The summed E-state index contributed by atoms with van der Waals surface area (Å²) in [7, 11) is 0. The molecule has 5 heteroatoms. The molecule has 2 aromatic heterocycles. The second-order valence-electron chi connectivity index (χ2n) is 7.28. The second-order valence-corrected chi connectivity index (χ2v) is 7.28. The molecule has 2 bridgehead atoms. The molecule has 0 radical (unpaired) electrons. The number of benzene rings is 1. The highest BCUT2D eigenvalue weighted by Gasteiger charge is 2.40. The molecule has 1 N–H and O–H groups in total. The summed E-state index contributed by atoms with van der Waals surface area (Å²) in [5, 5.41) is 5.21. The van der Waals surface area contributed by atoms with Gasteiger partial charge in [-0.1, -0.05) is 18.2 Å². The zero-order valence-electron chi connectivity index (χ0n) is 14.2. The summed E-state index contributed by atoms with van der Waals surface area (Å²) in [4.78, 5) is 19.6. The molecule has 25 heavy (non-hydrogen) atoms. The van der Waals surface area contributed by atoms with Crippen molar-refractivity contribution in [3.05, 3.63) is 42.2 Å². The molecule has 1 amide bonds. The minimum Gasteiger partial charge on any atom is -0.454 e. The molecule has 0 saturated carbocycles. The average molecular weight is 335 g/mol. The lowest BCUT2D eigenvalue weighted by atomic mass is 9.79. The summed E-state index contributed by atoms with van der Waals surface area (Å²) in [6.45, 7) is 4.53. The van der Waals surface area contributed by atoms with E-state index < -0.39 is 0 Å². The van der Waals surface area contributed by atoms with Crippen molar-refractivity contribution in [2.45, 2.75) is 31.8 Å². The van der Waals surface area contributed by atoms with Crippen molar-refractivity contribution >= 4 is 27.8 Å². The zero-order valence-corrected chi connectivity index (χ0v) is 14.2. The Morgan fingerprint density at radius 3 is 2.80 bits per heavy atom. The highest BCUT2D eigenvalue weighted by atomic mass is 16.3. The molecule has 3 aliphatic rings. The number of carbonyl (C=O) groups is 1. The third-order valence-electron chi connectivity index (χ3n) is 5.97. The topological polar surface area (TPSA) is 58.4 Å². The summed E-state index contributed by atoms with van der Waals surface area (Å²) >= 11 is 0. The maximum absolute atomic E-state index is 12.8. The number of nitrogens with one attached hydrogen (secondary N) is 1. The number of amides is 1. The van der Waals surface area contributed by atoms with Crippen LogP contribution in [0.3, 0.4) is 0 Å². The van der Waals surface area contributed by atoms with E-state index in [9.17, 15) is 4.79 Å². The Labute approximate surface area is 146 Å². The lowest BCUT2D eigenvalue weighted by Gasteiger charge is -2.49. The Kier molecular flexibility index (Phi) is 3.31. The number of nitrogens with zero attached hydrogens (tertiary/aromatic N) is 2. The number of hydrogen-bond donors (Lipinski definition) is 1. The van der Waals surface area contributed by atoms with Crippen LogP contribution >= 0.6 is 0 Å². The molecule has 0 unspecified atom stereocenters. The molecule has 3 aromatic rings. The van der Waals surface area contributed by atoms with E-state index >= 15 is 0 Å². The predicted octanol–water partition coefficient (Wildman–Crippen LogP) is 3.19. The minimum atomic E-state index is -0.0854. The van der Waals surface area contributed by atoms with Crippen molar-refractivity contribution in [1.82, 2.24) is 15.2 Å². The van der Waals surface area contributed by atoms with Gasteiger partial charge >= 0.3 is 0 Å². The Morgan fingerprint density at radius 1 is 1.20 bits per heavy atom. The normalized spacial score (nSPS) is 28.5. The van der Waals surface area contributed by atoms with Crippen LogP contribution in [-0.4, -0.2) is 41.0 Å². The quantitative estimate of drug-likeness (QED) is 0.781. The molecule has 6 rings (SSSR count). The van der Waals surface area contributed by atoms with E-state index in [0.717, 1.165) is 29.4 Å². The van der Waals surface area contributed by atoms with Gasteiger partial charge in [0.1, 0.15) is 11.3 Å². The fourth-order valence-electron chi connectivity index (χ4n) is 4.53. The number of para-hydroxylation sites is 1. The van der Waals surface area contributed by atoms with Crippen molar-refractivity contribution in [3.63, 3.8) is 0 Å². The lowest BCUT2D eigenvalue weighted by Crippen LogP contribution is -2.62. The van der Waals surface area contributed by atoms with Crippen molar-refractivity contribution in [3.8, 4) is 0 Å². The first-order valence-corrected chi connectivity index (χ1v) is 9.03. The molecule has 1 aromatic carbocycles. The SMILES string of the molecule is C[C@@H]1[C@H](NC(=O)c2cc3c(cn2)oc2ccccc23)C2CCN1CC2. The molecule has 3 aliphatic heterocycles. The van der Waals surface area contributed by atoms with Crippen LogP contribution in [0.15, 0.2) is 40.9 Å². The molecule has 3 fully saturated rings. The molecule has 5 nitrogen and oxygen atoms in total. The summed E-state index contributed by atoms with van der Waals surface area (Å²) in [5.74, 6) is 0.500. The first-order chi connectivity index (χ1) is 12.2. The molecule has 2 atom stereocenters. The molecule has 5 heterocycles. The van der Waals surface area contributed by atoms with Gasteiger partial charge in [-0.2, -0.15) is 0 Å². The highest BCUT2D eigenvalue weighted by Crippen LogP contribution is 2.32. The number of pyridine rings is 1. The number of fused-ring (bicyclic) bond motifs is 6. The van der Waals surface area contributed by atoms with Gasteiger partial charge in [0.05, 0.1) is 6.20 Å². The summed E-state index contributed by atoms with van der Waals surface area (Å²) in [5.41, 5.74) is 2.00. The maximum atomic E-state index is 12.8. The molecule has 3 saturated heterocycles. The van der Waals surface area contributed by atoms with Gasteiger partial charge in [-0.05, 0) is 50.9 Å². The van der Waals surface area contributed by atoms with E-state index in [1.807, 2.05) is 30.3 Å². The molecular formula is C20H21N3O2. The van der Waals surface area contributed by atoms with Crippen LogP contribution in [0, 0.1) is 5.92 Å². The van der Waals surface area contributed by atoms with E-state index in [4.69, 9.17) is 4.42 Å². The number of aromatic nitrogens is 1. The van der Waals surface area contributed by atoms with Crippen LogP contribution in [-0.2, 0) is 0 Å². The third kappa shape index (κ3) is 2.34. The summed E-state index contributed by atoms with van der Waals surface area (Å²) in [6, 6.07) is 10.3. The van der Waals surface area contributed by atoms with Crippen LogP contribution in [0.5, 0.6) is 0 Å². The minimum absolute atomic E-state index is 0.0854. The molecule has 0 spiro atoms. The van der Waals surface area contributed by atoms with Gasteiger partial charge in [-0.15, -0.1) is 0 Å². The first kappa shape index (κ1) is 14.9. The van der Waals surface area contributed by atoms with Crippen molar-refractivity contribution in [2.75, 3.05) is 13.1 Å². The van der Waals surface area contributed by atoms with Gasteiger partial charge in [0, 0.05) is 22.9 Å². The third-order valence-corrected chi connectivity index (χ3v) is 5.97. The molecular weight excluding hydrogens is 314 g/mol. The van der Waals surface area contributed by atoms with Gasteiger partial charge in [0.2, 0.25) is 0 Å². The van der Waals surface area contributed by atoms with Crippen LogP contribution in [0.25, 0.3) is 21.9 Å². The van der Waals surface area contributed by atoms with Gasteiger partial charge in [-0.25, -0.2) is 4.98 Å². The van der Waals surface area contributed by atoms with E-state index in [-0.39, 0.29) is 11.9 Å². The van der Waals surface area contributed by atoms with Crippen LogP contribution in [0.2, 0.25) is 0 Å². The highest BCUT2D eigenvalue weighted by molar-refractivity contribution is 6.07. The largest absolute Gasteiger partial charge is 0.454 e. The summed E-state index contributed by atoms with van der Waals surface area (Å²) in [6.07, 6.45) is 4.01. The number of rotatable bonds is 2. The number of furan rings is 1. The van der Waals surface area contributed by atoms with Gasteiger partial charge in [0.15, 0.2) is 5.58 Å². The Morgan fingerprint density at radius 2 is 2.00 bits per heavy atom. The smallest absolute Gasteiger partial charge is 0.270 e. The molecule has 128 valence electrons. The monoisotopic (exact) mass is 335 g/mol. The van der Waals surface area contributed by atoms with Crippen molar-refractivity contribution < 1.29 is 9.21 Å². The average Bonchev–Trinajstić information content (AvgIpc) is 3.03. The zero-order chi connectivity index (χ0) is 17.0. The molecule has 0 aliphatic carbocycles. The Hall–Kier alpha value is -2.40. The van der Waals surface area contributed by atoms with Crippen LogP contribution in [0.4, 0.5) is 0 Å². The summed E-state index contributed by atoms with van der Waals surface area (Å²) < 4.78 is 5.79. The fraction of sp³-hybridized carbons (Fsp3) is 0.400. The fourth-order valence-corrected chi connectivity index (χ4v) is 4.53. The maximum Gasteiger partial charge on any atom is 0.270 e. The van der Waals surface area contributed by atoms with Crippen LogP contribution < -0.4 is 5.32 Å². The number of piperidine rings is 3. The van der Waals surface area contributed by atoms with E-state index in [1.54, 1.807) is 6.20 Å². The second kappa shape index (κ2) is 5.56. The van der Waals surface area contributed by atoms with Crippen molar-refractivity contribution in [2.24, 2.45) is 5.92 Å².